The summed E-state index contributed by atoms with van der Waals surface area (Å²) < 4.78 is 0. The molecular formula is C14H16ClNO. The van der Waals surface area contributed by atoms with Gasteiger partial charge in [0.15, 0.2) is 0 Å². The fourth-order valence-corrected chi connectivity index (χ4v) is 3.25. The van der Waals surface area contributed by atoms with E-state index in [-0.39, 0.29) is 0 Å². The van der Waals surface area contributed by atoms with E-state index in [2.05, 4.69) is 11.4 Å². The molecule has 0 bridgehead atoms. The van der Waals surface area contributed by atoms with Gasteiger partial charge in [-0.15, -0.1) is 11.6 Å². The molecule has 0 spiro atoms. The Labute approximate surface area is 106 Å². The average Bonchev–Trinajstić information content (AvgIpc) is 2.71. The van der Waals surface area contributed by atoms with Crippen molar-refractivity contribution in [3.05, 3.63) is 41.1 Å². The van der Waals surface area contributed by atoms with Crippen molar-refractivity contribution in [1.82, 2.24) is 5.32 Å². The third kappa shape index (κ3) is 1.59. The van der Waals surface area contributed by atoms with Gasteiger partial charge >= 0.3 is 0 Å². The fourth-order valence-electron chi connectivity index (χ4n) is 2.99. The highest BCUT2D eigenvalue weighted by Gasteiger charge is 2.38. The predicted octanol–water partition coefficient (Wildman–Crippen LogP) is 2.47. The molecule has 2 atom stereocenters. The summed E-state index contributed by atoms with van der Waals surface area (Å²) in [7, 11) is 0. The van der Waals surface area contributed by atoms with Gasteiger partial charge in [-0.05, 0) is 23.6 Å². The van der Waals surface area contributed by atoms with Crippen LogP contribution in [0.2, 0.25) is 0 Å². The molecule has 3 heteroatoms. The molecule has 0 amide bonds. The van der Waals surface area contributed by atoms with Crippen molar-refractivity contribution >= 4 is 17.2 Å². The number of alkyl halides is 1. The van der Waals surface area contributed by atoms with E-state index < -0.39 is 5.60 Å². The van der Waals surface area contributed by atoms with Gasteiger partial charge in [0.2, 0.25) is 0 Å². The quantitative estimate of drug-likeness (QED) is 0.750. The molecule has 1 aromatic carbocycles. The van der Waals surface area contributed by atoms with Gasteiger partial charge in [0.1, 0.15) is 0 Å². The highest BCUT2D eigenvalue weighted by atomic mass is 35.5. The molecule has 2 nitrogen and oxygen atoms in total. The summed E-state index contributed by atoms with van der Waals surface area (Å²) in [5.74, 6) is 0.992. The third-order valence-corrected chi connectivity index (χ3v) is 4.17. The smallest absolute Gasteiger partial charge is 0.0928 e. The average molecular weight is 250 g/mol. The maximum Gasteiger partial charge on any atom is 0.0928 e. The summed E-state index contributed by atoms with van der Waals surface area (Å²) in [5.41, 5.74) is 3.89. The molecule has 1 aromatic rings. The van der Waals surface area contributed by atoms with E-state index in [4.69, 9.17) is 11.6 Å². The molecule has 17 heavy (non-hydrogen) atoms. The molecule has 1 aliphatic carbocycles. The summed E-state index contributed by atoms with van der Waals surface area (Å²) in [6.45, 7) is 2.77. The molecule has 0 radical (unpaired) electrons. The van der Waals surface area contributed by atoms with Gasteiger partial charge in [0.25, 0.3) is 0 Å². The lowest BCUT2D eigenvalue weighted by Gasteiger charge is -2.32. The van der Waals surface area contributed by atoms with Crippen LogP contribution in [0.25, 0.3) is 5.57 Å². The second-order valence-corrected chi connectivity index (χ2v) is 5.43. The molecule has 1 heterocycles. The van der Waals surface area contributed by atoms with Crippen LogP contribution in [-0.4, -0.2) is 17.5 Å². The molecule has 3 rings (SSSR count). The Morgan fingerprint density at radius 1 is 1.47 bits per heavy atom. The van der Waals surface area contributed by atoms with E-state index in [0.29, 0.717) is 18.2 Å². The van der Waals surface area contributed by atoms with Crippen LogP contribution in [0.15, 0.2) is 30.0 Å². The second kappa shape index (κ2) is 3.76. The molecule has 1 unspecified atom stereocenters. The Hall–Kier alpha value is -0.990. The van der Waals surface area contributed by atoms with Crippen LogP contribution in [0.3, 0.4) is 0 Å². The van der Waals surface area contributed by atoms with Crippen LogP contribution in [0, 0.1) is 5.92 Å². The van der Waals surface area contributed by atoms with Crippen LogP contribution < -0.4 is 5.32 Å². The van der Waals surface area contributed by atoms with E-state index >= 15 is 0 Å². The standard InChI is InChI=1S/C14H16ClNO/c1-14(17)6-12-13(9(7-15)8-16-12)10-4-2-3-5-11(10)14/h2-5,9,16-17H,6-8H2,1H3/t9-,14?/m1/s1. The lowest BCUT2D eigenvalue weighted by atomic mass is 9.77. The van der Waals surface area contributed by atoms with Crippen molar-refractivity contribution in [1.29, 1.82) is 0 Å². The third-order valence-electron chi connectivity index (χ3n) is 3.80. The zero-order valence-corrected chi connectivity index (χ0v) is 10.6. The van der Waals surface area contributed by atoms with Crippen LogP contribution in [0.5, 0.6) is 0 Å². The Bertz CT molecular complexity index is 493. The van der Waals surface area contributed by atoms with Gasteiger partial charge in [-0.1, -0.05) is 24.3 Å². The molecule has 2 N–H and O–H groups in total. The lowest BCUT2D eigenvalue weighted by Crippen LogP contribution is -2.29. The summed E-state index contributed by atoms with van der Waals surface area (Å²) >= 11 is 6.03. The summed E-state index contributed by atoms with van der Waals surface area (Å²) in [4.78, 5) is 0. The topological polar surface area (TPSA) is 32.3 Å². The monoisotopic (exact) mass is 249 g/mol. The molecule has 0 saturated heterocycles. The van der Waals surface area contributed by atoms with Crippen molar-refractivity contribution in [2.24, 2.45) is 5.92 Å². The summed E-state index contributed by atoms with van der Waals surface area (Å²) in [6.07, 6.45) is 0.659. The Morgan fingerprint density at radius 3 is 3.00 bits per heavy atom. The summed E-state index contributed by atoms with van der Waals surface area (Å²) in [5, 5.41) is 13.9. The highest BCUT2D eigenvalue weighted by Crippen LogP contribution is 2.45. The van der Waals surface area contributed by atoms with Crippen molar-refractivity contribution < 1.29 is 5.11 Å². The van der Waals surface area contributed by atoms with E-state index in [1.54, 1.807) is 0 Å². The maximum atomic E-state index is 10.5. The first-order chi connectivity index (χ1) is 8.13. The van der Waals surface area contributed by atoms with E-state index in [9.17, 15) is 5.11 Å². The van der Waals surface area contributed by atoms with E-state index in [0.717, 1.165) is 17.7 Å². The largest absolute Gasteiger partial charge is 0.387 e. The number of halogens is 1. The highest BCUT2D eigenvalue weighted by molar-refractivity contribution is 6.18. The molecule has 2 aliphatic rings. The second-order valence-electron chi connectivity index (χ2n) is 5.12. The minimum Gasteiger partial charge on any atom is -0.387 e. The first kappa shape index (κ1) is 11.1. The Kier molecular flexibility index (Phi) is 2.46. The van der Waals surface area contributed by atoms with Crippen LogP contribution in [-0.2, 0) is 5.60 Å². The van der Waals surface area contributed by atoms with Crippen LogP contribution in [0.1, 0.15) is 24.5 Å². The van der Waals surface area contributed by atoms with Crippen molar-refractivity contribution in [2.45, 2.75) is 18.9 Å². The number of benzene rings is 1. The van der Waals surface area contributed by atoms with Gasteiger partial charge in [-0.3, -0.25) is 0 Å². The van der Waals surface area contributed by atoms with E-state index in [1.807, 2.05) is 25.1 Å². The lowest BCUT2D eigenvalue weighted by molar-refractivity contribution is 0.0546. The van der Waals surface area contributed by atoms with Gasteiger partial charge in [-0.2, -0.15) is 0 Å². The van der Waals surface area contributed by atoms with Gasteiger partial charge in [0, 0.05) is 30.5 Å². The SMILES string of the molecule is CC1(O)CC2=C(c3ccccc31)[C@H](CCl)CN2. The molecule has 1 aliphatic heterocycles. The maximum absolute atomic E-state index is 10.5. The minimum absolute atomic E-state index is 0.365. The first-order valence-corrected chi connectivity index (χ1v) is 6.52. The van der Waals surface area contributed by atoms with Crippen LogP contribution in [0.4, 0.5) is 0 Å². The number of fused-ring (bicyclic) bond motifs is 2. The molecular weight excluding hydrogens is 234 g/mol. The predicted molar refractivity (Wildman–Crippen MR) is 69.8 cm³/mol. The summed E-state index contributed by atoms with van der Waals surface area (Å²) in [6, 6.07) is 8.11. The van der Waals surface area contributed by atoms with E-state index in [1.165, 1.54) is 11.3 Å². The van der Waals surface area contributed by atoms with Crippen molar-refractivity contribution in [3.8, 4) is 0 Å². The van der Waals surface area contributed by atoms with Crippen molar-refractivity contribution in [2.75, 3.05) is 12.4 Å². The normalized spacial score (nSPS) is 30.9. The molecule has 0 aromatic heterocycles. The van der Waals surface area contributed by atoms with Gasteiger partial charge < -0.3 is 10.4 Å². The number of aliphatic hydroxyl groups is 1. The number of hydrogen-bond acceptors (Lipinski definition) is 2. The number of nitrogens with one attached hydrogen (secondary N) is 1. The zero-order chi connectivity index (χ0) is 12.0. The van der Waals surface area contributed by atoms with Gasteiger partial charge in [-0.25, -0.2) is 0 Å². The van der Waals surface area contributed by atoms with Crippen LogP contribution >= 0.6 is 11.6 Å². The fraction of sp³-hybridized carbons (Fsp3) is 0.429. The molecule has 0 fully saturated rings. The Balaban J connectivity index is 2.19. The zero-order valence-electron chi connectivity index (χ0n) is 9.83. The van der Waals surface area contributed by atoms with Gasteiger partial charge in [0.05, 0.1) is 5.60 Å². The number of rotatable bonds is 1. The Morgan fingerprint density at radius 2 is 2.24 bits per heavy atom. The molecule has 90 valence electrons. The molecule has 0 saturated carbocycles. The van der Waals surface area contributed by atoms with Crippen molar-refractivity contribution in [3.63, 3.8) is 0 Å². The minimum atomic E-state index is -0.774. The first-order valence-electron chi connectivity index (χ1n) is 5.98. The number of hydrogen-bond donors (Lipinski definition) is 2.